The molecule has 0 heterocycles. The molecule has 1 N–H and O–H groups in total. The van der Waals surface area contributed by atoms with Crippen molar-refractivity contribution < 1.29 is 9.53 Å². The van der Waals surface area contributed by atoms with E-state index < -0.39 is 0 Å². The highest BCUT2D eigenvalue weighted by Crippen LogP contribution is 2.67. The number of rotatable bonds is 7. The zero-order valence-corrected chi connectivity index (χ0v) is 24.1. The molecule has 0 bridgehead atoms. The van der Waals surface area contributed by atoms with E-state index >= 15 is 0 Å². The lowest BCUT2D eigenvalue weighted by Gasteiger charge is -2.58. The summed E-state index contributed by atoms with van der Waals surface area (Å²) in [5.74, 6) is 5.15. The van der Waals surface area contributed by atoms with Gasteiger partial charge in [0.05, 0.1) is 0 Å². The van der Waals surface area contributed by atoms with Crippen LogP contribution in [0.1, 0.15) is 105 Å². The maximum Gasteiger partial charge on any atom is 0.411 e. The minimum absolute atomic E-state index is 0.00371. The molecule has 1 amide bonds. The fraction of sp³-hybridized carbons (Fsp3) is 0.735. The van der Waals surface area contributed by atoms with Crippen molar-refractivity contribution in [3.63, 3.8) is 0 Å². The minimum atomic E-state index is -0.318. The Hall–Kier alpha value is -1.77. The molecule has 1 aromatic rings. The number of amides is 1. The van der Waals surface area contributed by atoms with Crippen molar-refractivity contribution in [2.45, 2.75) is 111 Å². The summed E-state index contributed by atoms with van der Waals surface area (Å²) in [6.45, 7) is 12.5. The third kappa shape index (κ3) is 5.26. The van der Waals surface area contributed by atoms with Gasteiger partial charge in [-0.25, -0.2) is 4.79 Å². The molecule has 4 aliphatic rings. The number of nitrogens with one attached hydrogen (secondary N) is 1. The van der Waals surface area contributed by atoms with Crippen LogP contribution in [0.2, 0.25) is 0 Å². The molecule has 3 saturated carbocycles. The molecule has 3 heteroatoms. The van der Waals surface area contributed by atoms with Crippen LogP contribution in [0.15, 0.2) is 42.0 Å². The van der Waals surface area contributed by atoms with Crippen LogP contribution < -0.4 is 5.32 Å². The smallest absolute Gasteiger partial charge is 0.411 e. The third-order valence-electron chi connectivity index (χ3n) is 11.6. The predicted octanol–water partition coefficient (Wildman–Crippen LogP) is 9.65. The summed E-state index contributed by atoms with van der Waals surface area (Å²) >= 11 is 0. The molecule has 5 rings (SSSR count). The molecule has 4 aliphatic carbocycles. The van der Waals surface area contributed by atoms with Crippen LogP contribution in [0.25, 0.3) is 0 Å². The molecule has 8 atom stereocenters. The van der Waals surface area contributed by atoms with Gasteiger partial charge in [0.25, 0.3) is 0 Å². The SMILES string of the molecule is CC(C)CCC[C@H](C)[C@@H]1CC[C@@H]2[C@H]3CC=C4C[C@@H](OC(=O)Nc5ccccc5)CC[C@]4(C)[C@@H]3CC[C@@]21C. The molecule has 1 aromatic carbocycles. The monoisotopic (exact) mass is 505 g/mol. The highest BCUT2D eigenvalue weighted by atomic mass is 16.6. The van der Waals surface area contributed by atoms with Crippen LogP contribution in [-0.2, 0) is 4.74 Å². The summed E-state index contributed by atoms with van der Waals surface area (Å²) in [5.41, 5.74) is 3.21. The highest BCUT2D eigenvalue weighted by Gasteiger charge is 2.59. The maximum absolute atomic E-state index is 12.5. The molecular weight excluding hydrogens is 454 g/mol. The van der Waals surface area contributed by atoms with Gasteiger partial charge in [-0.15, -0.1) is 0 Å². The molecule has 0 spiro atoms. The lowest BCUT2D eigenvalue weighted by Crippen LogP contribution is -2.51. The van der Waals surface area contributed by atoms with Gasteiger partial charge < -0.3 is 4.74 Å². The summed E-state index contributed by atoms with van der Waals surface area (Å²) in [4.78, 5) is 12.5. The first-order valence-corrected chi connectivity index (χ1v) is 15.4. The quantitative estimate of drug-likeness (QED) is 0.375. The van der Waals surface area contributed by atoms with Crippen molar-refractivity contribution in [3.05, 3.63) is 42.0 Å². The second-order valence-electron chi connectivity index (χ2n) is 14.1. The van der Waals surface area contributed by atoms with Crippen molar-refractivity contribution >= 4 is 11.8 Å². The van der Waals surface area contributed by atoms with Crippen LogP contribution in [-0.4, -0.2) is 12.2 Å². The van der Waals surface area contributed by atoms with Crippen molar-refractivity contribution in [2.75, 3.05) is 5.32 Å². The Bertz CT molecular complexity index is 969. The van der Waals surface area contributed by atoms with Gasteiger partial charge in [0.1, 0.15) is 6.10 Å². The van der Waals surface area contributed by atoms with E-state index in [2.05, 4.69) is 46.0 Å². The van der Waals surface area contributed by atoms with Crippen molar-refractivity contribution in [1.82, 2.24) is 0 Å². The van der Waals surface area contributed by atoms with Gasteiger partial charge in [-0.2, -0.15) is 0 Å². The lowest BCUT2D eigenvalue weighted by molar-refractivity contribution is -0.0577. The first kappa shape index (κ1) is 26.8. The molecule has 0 radical (unpaired) electrons. The maximum atomic E-state index is 12.5. The van der Waals surface area contributed by atoms with E-state index in [1.807, 2.05) is 30.3 Å². The van der Waals surface area contributed by atoms with E-state index in [1.54, 1.807) is 5.57 Å². The molecule has 0 aromatic heterocycles. The zero-order valence-electron chi connectivity index (χ0n) is 24.1. The number of fused-ring (bicyclic) bond motifs is 5. The Morgan fingerprint density at radius 1 is 1.00 bits per heavy atom. The number of allylic oxidation sites excluding steroid dienone is 1. The molecule has 3 nitrogen and oxygen atoms in total. The Kier molecular flexibility index (Phi) is 7.81. The van der Waals surface area contributed by atoms with Crippen LogP contribution >= 0.6 is 0 Å². The van der Waals surface area contributed by atoms with Gasteiger partial charge in [0, 0.05) is 12.1 Å². The molecule has 0 saturated heterocycles. The van der Waals surface area contributed by atoms with Gasteiger partial charge >= 0.3 is 6.09 Å². The summed E-state index contributed by atoms with van der Waals surface area (Å²) in [7, 11) is 0. The zero-order chi connectivity index (χ0) is 26.2. The van der Waals surface area contributed by atoms with Crippen LogP contribution in [0, 0.1) is 46.3 Å². The molecule has 0 unspecified atom stereocenters. The number of hydrogen-bond acceptors (Lipinski definition) is 2. The third-order valence-corrected chi connectivity index (χ3v) is 11.6. The summed E-state index contributed by atoms with van der Waals surface area (Å²) in [6.07, 6.45) is 16.5. The first-order valence-electron chi connectivity index (χ1n) is 15.4. The fourth-order valence-electron chi connectivity index (χ4n) is 9.57. The van der Waals surface area contributed by atoms with Gasteiger partial charge in [-0.1, -0.05) is 83.7 Å². The average Bonchev–Trinajstić information content (AvgIpc) is 3.22. The second kappa shape index (κ2) is 10.8. The van der Waals surface area contributed by atoms with Gasteiger partial charge in [-0.3, -0.25) is 5.32 Å². The van der Waals surface area contributed by atoms with E-state index in [1.165, 1.54) is 51.4 Å². The Balaban J connectivity index is 1.22. The van der Waals surface area contributed by atoms with Crippen molar-refractivity contribution in [1.29, 1.82) is 0 Å². The van der Waals surface area contributed by atoms with Crippen molar-refractivity contribution in [3.8, 4) is 0 Å². The number of hydrogen-bond donors (Lipinski definition) is 1. The normalized spacial score (nSPS) is 37.7. The Morgan fingerprint density at radius 2 is 1.78 bits per heavy atom. The van der Waals surface area contributed by atoms with E-state index in [-0.39, 0.29) is 12.2 Å². The Labute approximate surface area is 226 Å². The largest absolute Gasteiger partial charge is 0.446 e. The van der Waals surface area contributed by atoms with Crippen LogP contribution in [0.5, 0.6) is 0 Å². The fourth-order valence-corrected chi connectivity index (χ4v) is 9.57. The highest BCUT2D eigenvalue weighted by molar-refractivity contribution is 5.84. The van der Waals surface area contributed by atoms with E-state index in [0.717, 1.165) is 60.5 Å². The van der Waals surface area contributed by atoms with Crippen LogP contribution in [0.4, 0.5) is 10.5 Å². The standard InChI is InChI=1S/C34H51NO2/c1-23(2)10-9-11-24(3)29-16-17-30-28-15-14-25-22-27(37-32(36)35-26-12-7-6-8-13-26)18-20-33(25,4)31(28)19-21-34(29,30)5/h6-8,12-14,23-24,27-31H,9-11,15-22H2,1-5H3,(H,35,36)/t24-,27-,28+,29-,30+,31+,33-,34+/m0/s1. The van der Waals surface area contributed by atoms with Crippen molar-refractivity contribution in [2.24, 2.45) is 46.3 Å². The molecular formula is C34H51NO2. The van der Waals surface area contributed by atoms with Gasteiger partial charge in [-0.05, 0) is 103 Å². The van der Waals surface area contributed by atoms with Gasteiger partial charge in [0.2, 0.25) is 0 Å². The molecule has 204 valence electrons. The number of carbonyl (C=O) groups is 1. The van der Waals surface area contributed by atoms with E-state index in [0.29, 0.717) is 10.8 Å². The summed E-state index contributed by atoms with van der Waals surface area (Å²) in [6, 6.07) is 9.62. The topological polar surface area (TPSA) is 38.3 Å². The van der Waals surface area contributed by atoms with Gasteiger partial charge in [0.15, 0.2) is 0 Å². The first-order chi connectivity index (χ1) is 17.7. The summed E-state index contributed by atoms with van der Waals surface area (Å²) in [5, 5.41) is 2.90. The predicted molar refractivity (Wildman–Crippen MR) is 153 cm³/mol. The lowest BCUT2D eigenvalue weighted by atomic mass is 9.47. The second-order valence-corrected chi connectivity index (χ2v) is 14.1. The number of carbonyl (C=O) groups excluding carboxylic acids is 1. The van der Waals surface area contributed by atoms with Crippen LogP contribution in [0.3, 0.4) is 0 Å². The van der Waals surface area contributed by atoms with E-state index in [9.17, 15) is 4.79 Å². The molecule has 37 heavy (non-hydrogen) atoms. The van der Waals surface area contributed by atoms with E-state index in [4.69, 9.17) is 4.74 Å². The molecule has 3 fully saturated rings. The number of para-hydroxylation sites is 1. The summed E-state index contributed by atoms with van der Waals surface area (Å²) < 4.78 is 5.91. The average molecular weight is 506 g/mol. The Morgan fingerprint density at radius 3 is 2.54 bits per heavy atom. The molecule has 0 aliphatic heterocycles. The minimum Gasteiger partial charge on any atom is -0.446 e. The number of benzene rings is 1. The number of ether oxygens (including phenoxy) is 1. The number of anilines is 1.